The first-order valence-corrected chi connectivity index (χ1v) is 14.3. The smallest absolute Gasteiger partial charge is 0.341 e. The summed E-state index contributed by atoms with van der Waals surface area (Å²) < 4.78 is 13.3. The van der Waals surface area contributed by atoms with Crippen molar-refractivity contribution in [3.8, 4) is 5.75 Å². The van der Waals surface area contributed by atoms with E-state index in [0.717, 1.165) is 41.9 Å². The molecule has 1 N–H and O–H groups in total. The highest BCUT2D eigenvalue weighted by atomic mass is 32.2. The number of allylic oxidation sites excluding steroid dienone is 1. The van der Waals surface area contributed by atoms with Crippen LogP contribution >= 0.6 is 23.1 Å². The van der Waals surface area contributed by atoms with Crippen LogP contribution in [0.3, 0.4) is 0 Å². The first-order chi connectivity index (χ1) is 17.9. The molecule has 1 aliphatic rings. The van der Waals surface area contributed by atoms with Crippen LogP contribution in [0.5, 0.6) is 5.75 Å². The molecule has 0 radical (unpaired) electrons. The lowest BCUT2D eigenvalue weighted by Crippen LogP contribution is -2.17. The summed E-state index contributed by atoms with van der Waals surface area (Å²) >= 11 is 2.75. The standard InChI is InChI=1S/C27H32N4O4S2/c1-5-15-31-24(17(4)35-19-13-11-18(6-2)12-14-19)29-30-27(31)36-16-22(32)28-25-23(26(33)34-7-3)20-9-8-10-21(20)37-25/h5,11-14,17H,1,6-10,15-16H2,2-4H3,(H,28,32). The lowest BCUT2D eigenvalue weighted by Gasteiger charge is -2.16. The van der Waals surface area contributed by atoms with Crippen LogP contribution < -0.4 is 10.1 Å². The lowest BCUT2D eigenvalue weighted by molar-refractivity contribution is -0.113. The Balaban J connectivity index is 1.43. The number of thioether (sulfide) groups is 1. The van der Waals surface area contributed by atoms with Crippen LogP contribution in [-0.4, -0.2) is 39.0 Å². The highest BCUT2D eigenvalue weighted by Crippen LogP contribution is 2.39. The van der Waals surface area contributed by atoms with Crippen molar-refractivity contribution >= 4 is 40.0 Å². The number of aryl methyl sites for hydroxylation is 2. The molecule has 2 heterocycles. The van der Waals surface area contributed by atoms with Gasteiger partial charge in [0, 0.05) is 11.4 Å². The molecular formula is C27H32N4O4S2. The molecule has 1 amide bonds. The monoisotopic (exact) mass is 540 g/mol. The minimum Gasteiger partial charge on any atom is -0.483 e. The average molecular weight is 541 g/mol. The van der Waals surface area contributed by atoms with Gasteiger partial charge in [-0.1, -0.05) is 36.9 Å². The number of ether oxygens (including phenoxy) is 2. The van der Waals surface area contributed by atoms with Crippen LogP contribution in [-0.2, 0) is 35.3 Å². The molecule has 37 heavy (non-hydrogen) atoms. The maximum atomic E-state index is 12.9. The first kappa shape index (κ1) is 26.9. The Bertz CT molecular complexity index is 1270. The Morgan fingerprint density at radius 3 is 2.73 bits per heavy atom. The van der Waals surface area contributed by atoms with Gasteiger partial charge in [0.05, 0.1) is 17.9 Å². The van der Waals surface area contributed by atoms with Crippen LogP contribution in [0.15, 0.2) is 42.1 Å². The molecule has 0 saturated carbocycles. The van der Waals surface area contributed by atoms with E-state index < -0.39 is 0 Å². The van der Waals surface area contributed by atoms with E-state index in [1.165, 1.54) is 28.7 Å². The Morgan fingerprint density at radius 1 is 1.24 bits per heavy atom. The fourth-order valence-electron chi connectivity index (χ4n) is 4.27. The summed E-state index contributed by atoms with van der Waals surface area (Å²) in [6.45, 7) is 10.4. The molecule has 1 aromatic carbocycles. The van der Waals surface area contributed by atoms with Crippen LogP contribution in [0, 0.1) is 0 Å². The van der Waals surface area contributed by atoms with Crippen LogP contribution in [0.25, 0.3) is 0 Å². The molecule has 0 bridgehead atoms. The summed E-state index contributed by atoms with van der Waals surface area (Å²) in [5.41, 5.74) is 2.76. The fourth-order valence-corrected chi connectivity index (χ4v) is 6.32. The Morgan fingerprint density at radius 2 is 2.03 bits per heavy atom. The number of benzene rings is 1. The second-order valence-electron chi connectivity index (χ2n) is 8.62. The van der Waals surface area contributed by atoms with Gasteiger partial charge in [-0.25, -0.2) is 4.79 Å². The highest BCUT2D eigenvalue weighted by molar-refractivity contribution is 7.99. The van der Waals surface area contributed by atoms with Crippen molar-refractivity contribution in [3.63, 3.8) is 0 Å². The van der Waals surface area contributed by atoms with E-state index in [1.807, 2.05) is 35.8 Å². The third kappa shape index (κ3) is 6.24. The van der Waals surface area contributed by atoms with E-state index in [9.17, 15) is 9.59 Å². The molecule has 3 aromatic rings. The number of anilines is 1. The molecule has 0 saturated heterocycles. The van der Waals surface area contributed by atoms with Gasteiger partial charge in [0.1, 0.15) is 10.8 Å². The number of carbonyl (C=O) groups excluding carboxylic acids is 2. The van der Waals surface area contributed by atoms with Gasteiger partial charge >= 0.3 is 5.97 Å². The van der Waals surface area contributed by atoms with Crippen molar-refractivity contribution in [1.82, 2.24) is 14.8 Å². The Kier molecular flexibility index (Phi) is 9.04. The van der Waals surface area contributed by atoms with Gasteiger partial charge in [-0.05, 0) is 62.8 Å². The third-order valence-electron chi connectivity index (χ3n) is 6.05. The molecule has 1 atom stereocenters. The van der Waals surface area contributed by atoms with E-state index >= 15 is 0 Å². The van der Waals surface area contributed by atoms with Crippen molar-refractivity contribution in [1.29, 1.82) is 0 Å². The lowest BCUT2D eigenvalue weighted by atomic mass is 10.1. The predicted octanol–water partition coefficient (Wildman–Crippen LogP) is 5.62. The van der Waals surface area contributed by atoms with Gasteiger partial charge in [0.15, 0.2) is 17.1 Å². The second-order valence-corrected chi connectivity index (χ2v) is 10.7. The number of nitrogens with zero attached hydrogens (tertiary/aromatic N) is 3. The number of hydrogen-bond acceptors (Lipinski definition) is 8. The van der Waals surface area contributed by atoms with E-state index in [1.54, 1.807) is 13.0 Å². The number of fused-ring (bicyclic) bond motifs is 1. The van der Waals surface area contributed by atoms with Gasteiger partial charge in [-0.3, -0.25) is 9.36 Å². The summed E-state index contributed by atoms with van der Waals surface area (Å²) in [4.78, 5) is 26.6. The largest absolute Gasteiger partial charge is 0.483 e. The minimum atomic E-state index is -0.376. The molecule has 0 spiro atoms. The first-order valence-electron chi connectivity index (χ1n) is 12.5. The molecule has 0 aliphatic heterocycles. The van der Waals surface area contributed by atoms with E-state index in [2.05, 4.69) is 29.0 Å². The number of nitrogens with one attached hydrogen (secondary N) is 1. The summed E-state index contributed by atoms with van der Waals surface area (Å²) in [6, 6.07) is 8.00. The second kappa shape index (κ2) is 12.4. The summed E-state index contributed by atoms with van der Waals surface area (Å²) in [7, 11) is 0. The molecular weight excluding hydrogens is 508 g/mol. The van der Waals surface area contributed by atoms with Crippen LogP contribution in [0.4, 0.5) is 5.00 Å². The molecule has 10 heteroatoms. The van der Waals surface area contributed by atoms with Crippen molar-refractivity contribution in [2.75, 3.05) is 17.7 Å². The quantitative estimate of drug-likeness (QED) is 0.181. The summed E-state index contributed by atoms with van der Waals surface area (Å²) in [6.07, 6.45) is 5.16. The minimum absolute atomic E-state index is 0.119. The van der Waals surface area contributed by atoms with Crippen molar-refractivity contribution in [2.45, 2.75) is 64.3 Å². The van der Waals surface area contributed by atoms with E-state index in [4.69, 9.17) is 9.47 Å². The van der Waals surface area contributed by atoms with E-state index in [-0.39, 0.29) is 23.7 Å². The molecule has 1 aliphatic carbocycles. The zero-order chi connectivity index (χ0) is 26.4. The molecule has 8 nitrogen and oxygen atoms in total. The number of hydrogen-bond donors (Lipinski definition) is 1. The maximum Gasteiger partial charge on any atom is 0.341 e. The number of thiophene rings is 1. The predicted molar refractivity (Wildman–Crippen MR) is 147 cm³/mol. The Hall–Kier alpha value is -3.11. The van der Waals surface area contributed by atoms with Gasteiger partial charge in [-0.15, -0.1) is 28.1 Å². The summed E-state index contributed by atoms with van der Waals surface area (Å²) in [5, 5.41) is 12.8. The number of esters is 1. The van der Waals surface area contributed by atoms with Gasteiger partial charge < -0.3 is 14.8 Å². The topological polar surface area (TPSA) is 95.3 Å². The average Bonchev–Trinajstić information content (AvgIpc) is 3.58. The molecule has 196 valence electrons. The third-order valence-corrected chi connectivity index (χ3v) is 8.23. The van der Waals surface area contributed by atoms with Gasteiger partial charge in [0.2, 0.25) is 5.91 Å². The fraction of sp³-hybridized carbons (Fsp3) is 0.407. The Labute approximate surface area is 225 Å². The number of rotatable bonds is 12. The van der Waals surface area contributed by atoms with Crippen molar-refractivity contribution < 1.29 is 19.1 Å². The summed E-state index contributed by atoms with van der Waals surface area (Å²) in [5.74, 6) is 0.936. The van der Waals surface area contributed by atoms with E-state index in [0.29, 0.717) is 34.7 Å². The zero-order valence-electron chi connectivity index (χ0n) is 21.4. The molecule has 1 unspecified atom stereocenters. The van der Waals surface area contributed by atoms with Crippen molar-refractivity contribution in [2.24, 2.45) is 0 Å². The van der Waals surface area contributed by atoms with Crippen LogP contribution in [0.2, 0.25) is 0 Å². The number of aromatic nitrogens is 3. The zero-order valence-corrected chi connectivity index (χ0v) is 23.0. The highest BCUT2D eigenvalue weighted by Gasteiger charge is 2.28. The SMILES string of the molecule is C=CCn1c(SCC(=O)Nc2sc3c(c2C(=O)OCC)CCC3)nnc1C(C)Oc1ccc(CC)cc1. The van der Waals surface area contributed by atoms with Crippen LogP contribution in [0.1, 0.15) is 65.5 Å². The number of carbonyl (C=O) groups is 2. The molecule has 0 fully saturated rings. The molecule has 2 aromatic heterocycles. The number of amides is 1. The van der Waals surface area contributed by atoms with Gasteiger partial charge in [0.25, 0.3) is 0 Å². The van der Waals surface area contributed by atoms with Crippen molar-refractivity contribution in [3.05, 3.63) is 64.3 Å². The maximum absolute atomic E-state index is 12.9. The normalized spacial score (nSPS) is 13.2. The van der Waals surface area contributed by atoms with Gasteiger partial charge in [-0.2, -0.15) is 0 Å². The molecule has 4 rings (SSSR count).